The Morgan fingerprint density at radius 1 is 1.08 bits per heavy atom. The molecule has 0 aliphatic rings. The van der Waals surface area contributed by atoms with Crippen molar-refractivity contribution in [3.05, 3.63) is 59.7 Å². The maximum atomic E-state index is 12.3. The van der Waals surface area contributed by atoms with Gasteiger partial charge in [-0.15, -0.1) is 0 Å². The van der Waals surface area contributed by atoms with Crippen LogP contribution in [-0.4, -0.2) is 32.2 Å². The van der Waals surface area contributed by atoms with Gasteiger partial charge < -0.3 is 19.5 Å². The summed E-state index contributed by atoms with van der Waals surface area (Å²) in [5.41, 5.74) is 0.650. The summed E-state index contributed by atoms with van der Waals surface area (Å²) >= 11 is 0. The molecule has 138 valence electrons. The summed E-state index contributed by atoms with van der Waals surface area (Å²) in [4.78, 5) is 23.7. The van der Waals surface area contributed by atoms with E-state index in [4.69, 9.17) is 9.47 Å². The van der Waals surface area contributed by atoms with Crippen LogP contribution in [0.2, 0.25) is 0 Å². The summed E-state index contributed by atoms with van der Waals surface area (Å²) in [5, 5.41) is 2.58. The van der Waals surface area contributed by atoms with Crippen molar-refractivity contribution in [2.24, 2.45) is 0 Å². The number of benzene rings is 2. The molecule has 6 nitrogen and oxygen atoms in total. The van der Waals surface area contributed by atoms with E-state index in [1.165, 1.54) is 24.3 Å². The normalized spacial score (nSPS) is 10.3. The molecule has 26 heavy (non-hydrogen) atoms. The predicted molar refractivity (Wildman–Crippen MR) is 88.2 cm³/mol. The molecule has 0 heterocycles. The molecular weight excluding hydrogens is 348 g/mol. The SMILES string of the molecule is COc1ccc(CNC(=O)COC(=O)c2ccccc2OC(F)F)cc1. The first-order chi connectivity index (χ1) is 12.5. The minimum atomic E-state index is -3.07. The molecule has 0 unspecified atom stereocenters. The van der Waals surface area contributed by atoms with Gasteiger partial charge in [0.2, 0.25) is 0 Å². The van der Waals surface area contributed by atoms with Crippen LogP contribution in [0.25, 0.3) is 0 Å². The molecule has 2 aromatic rings. The largest absolute Gasteiger partial charge is 0.497 e. The summed E-state index contributed by atoms with van der Waals surface area (Å²) in [6.07, 6.45) is 0. The Balaban J connectivity index is 1.84. The summed E-state index contributed by atoms with van der Waals surface area (Å²) in [5.74, 6) is -1.08. The highest BCUT2D eigenvalue weighted by atomic mass is 19.3. The molecule has 8 heteroatoms. The Hall–Kier alpha value is -3.16. The Bertz CT molecular complexity index is 750. The zero-order chi connectivity index (χ0) is 18.9. The van der Waals surface area contributed by atoms with Crippen molar-refractivity contribution in [1.29, 1.82) is 0 Å². The molecule has 0 aliphatic heterocycles. The maximum Gasteiger partial charge on any atom is 0.387 e. The fourth-order valence-electron chi connectivity index (χ4n) is 2.04. The molecule has 1 N–H and O–H groups in total. The third kappa shape index (κ3) is 5.73. The van der Waals surface area contributed by atoms with Gasteiger partial charge in [0.25, 0.3) is 5.91 Å². The third-order valence-corrected chi connectivity index (χ3v) is 3.31. The quantitative estimate of drug-likeness (QED) is 0.728. The second-order valence-electron chi connectivity index (χ2n) is 5.08. The zero-order valence-electron chi connectivity index (χ0n) is 13.9. The van der Waals surface area contributed by atoms with Crippen molar-refractivity contribution in [3.63, 3.8) is 0 Å². The second-order valence-corrected chi connectivity index (χ2v) is 5.08. The number of amides is 1. The van der Waals surface area contributed by atoms with Gasteiger partial charge in [0.15, 0.2) is 6.61 Å². The standard InChI is InChI=1S/C18H17F2NO5/c1-24-13-8-6-12(7-9-13)10-21-16(22)11-25-17(23)14-4-2-3-5-15(14)26-18(19)20/h2-9,18H,10-11H2,1H3,(H,21,22). The van der Waals surface area contributed by atoms with Gasteiger partial charge in [-0.25, -0.2) is 4.79 Å². The number of alkyl halides is 2. The molecule has 2 aromatic carbocycles. The highest BCUT2D eigenvalue weighted by Crippen LogP contribution is 2.21. The molecule has 0 aliphatic carbocycles. The number of ether oxygens (including phenoxy) is 3. The van der Waals surface area contributed by atoms with Crippen LogP contribution in [0.4, 0.5) is 8.78 Å². The molecule has 0 aromatic heterocycles. The Kier molecular flexibility index (Phi) is 6.90. The van der Waals surface area contributed by atoms with Crippen LogP contribution in [0.3, 0.4) is 0 Å². The second kappa shape index (κ2) is 9.36. The Morgan fingerprint density at radius 3 is 2.42 bits per heavy atom. The number of nitrogens with one attached hydrogen (secondary N) is 1. The van der Waals surface area contributed by atoms with Crippen molar-refractivity contribution in [2.45, 2.75) is 13.2 Å². The smallest absolute Gasteiger partial charge is 0.387 e. The van der Waals surface area contributed by atoms with Gasteiger partial charge in [0, 0.05) is 6.54 Å². The summed E-state index contributed by atoms with van der Waals surface area (Å²) < 4.78 is 38.8. The minimum Gasteiger partial charge on any atom is -0.497 e. The number of carbonyl (C=O) groups excluding carboxylic acids is 2. The van der Waals surface area contributed by atoms with Gasteiger partial charge >= 0.3 is 12.6 Å². The topological polar surface area (TPSA) is 73.9 Å². The lowest BCUT2D eigenvalue weighted by Gasteiger charge is -2.10. The number of carbonyl (C=O) groups is 2. The third-order valence-electron chi connectivity index (χ3n) is 3.31. The van der Waals surface area contributed by atoms with Crippen molar-refractivity contribution in [3.8, 4) is 11.5 Å². The van der Waals surface area contributed by atoms with Gasteiger partial charge in [0.1, 0.15) is 17.1 Å². The molecule has 0 spiro atoms. The summed E-state index contributed by atoms with van der Waals surface area (Å²) in [6, 6.07) is 12.5. The highest BCUT2D eigenvalue weighted by molar-refractivity contribution is 5.93. The van der Waals surface area contributed by atoms with E-state index < -0.39 is 25.1 Å². The van der Waals surface area contributed by atoms with E-state index in [0.29, 0.717) is 5.75 Å². The first-order valence-electron chi connectivity index (χ1n) is 7.60. The molecule has 0 fully saturated rings. The van der Waals surface area contributed by atoms with E-state index in [2.05, 4.69) is 10.1 Å². The van der Waals surface area contributed by atoms with E-state index in [9.17, 15) is 18.4 Å². The van der Waals surface area contributed by atoms with Gasteiger partial charge in [-0.1, -0.05) is 24.3 Å². The number of para-hydroxylation sites is 1. The number of methoxy groups -OCH3 is 1. The first kappa shape index (κ1) is 19.2. The van der Waals surface area contributed by atoms with Crippen LogP contribution in [0, 0.1) is 0 Å². The minimum absolute atomic E-state index is 0.184. The van der Waals surface area contributed by atoms with Gasteiger partial charge in [-0.05, 0) is 29.8 Å². The first-order valence-corrected chi connectivity index (χ1v) is 7.60. The number of hydrogen-bond acceptors (Lipinski definition) is 5. The predicted octanol–water partition coefficient (Wildman–Crippen LogP) is 2.77. The Morgan fingerprint density at radius 2 is 1.77 bits per heavy atom. The van der Waals surface area contributed by atoms with Gasteiger partial charge in [-0.3, -0.25) is 4.79 Å². The van der Waals surface area contributed by atoms with Crippen molar-refractivity contribution >= 4 is 11.9 Å². The molecule has 0 saturated heterocycles. The molecule has 0 radical (unpaired) electrons. The van der Waals surface area contributed by atoms with Gasteiger partial charge in [-0.2, -0.15) is 8.78 Å². The molecule has 1 amide bonds. The average molecular weight is 365 g/mol. The average Bonchev–Trinajstić information content (AvgIpc) is 2.64. The lowest BCUT2D eigenvalue weighted by molar-refractivity contribution is -0.124. The van der Waals surface area contributed by atoms with Crippen LogP contribution in [0.1, 0.15) is 15.9 Å². The lowest BCUT2D eigenvalue weighted by Crippen LogP contribution is -2.28. The van der Waals surface area contributed by atoms with E-state index in [1.807, 2.05) is 0 Å². The molecule has 2 rings (SSSR count). The molecule has 0 bridgehead atoms. The van der Waals surface area contributed by atoms with Crippen molar-refractivity contribution in [2.75, 3.05) is 13.7 Å². The molecule has 0 saturated carbocycles. The molecule has 0 atom stereocenters. The van der Waals surface area contributed by atoms with Crippen LogP contribution in [0.5, 0.6) is 11.5 Å². The van der Waals surface area contributed by atoms with Crippen LogP contribution < -0.4 is 14.8 Å². The van der Waals surface area contributed by atoms with E-state index >= 15 is 0 Å². The van der Waals surface area contributed by atoms with E-state index in [1.54, 1.807) is 31.4 Å². The molecular formula is C18H17F2NO5. The van der Waals surface area contributed by atoms with Crippen molar-refractivity contribution < 1.29 is 32.6 Å². The number of esters is 1. The zero-order valence-corrected chi connectivity index (χ0v) is 13.9. The monoisotopic (exact) mass is 365 g/mol. The number of hydrogen-bond donors (Lipinski definition) is 1. The fourth-order valence-corrected chi connectivity index (χ4v) is 2.04. The van der Waals surface area contributed by atoms with Crippen LogP contribution in [-0.2, 0) is 16.1 Å². The fraction of sp³-hybridized carbons (Fsp3) is 0.222. The van der Waals surface area contributed by atoms with E-state index in [0.717, 1.165) is 5.56 Å². The summed E-state index contributed by atoms with van der Waals surface area (Å²) in [6.45, 7) is -3.37. The lowest BCUT2D eigenvalue weighted by atomic mass is 10.2. The van der Waals surface area contributed by atoms with Crippen molar-refractivity contribution in [1.82, 2.24) is 5.32 Å². The maximum absolute atomic E-state index is 12.3. The van der Waals surface area contributed by atoms with E-state index in [-0.39, 0.29) is 17.9 Å². The summed E-state index contributed by atoms with van der Waals surface area (Å²) in [7, 11) is 1.55. The van der Waals surface area contributed by atoms with Crippen LogP contribution >= 0.6 is 0 Å². The highest BCUT2D eigenvalue weighted by Gasteiger charge is 2.17. The van der Waals surface area contributed by atoms with Crippen LogP contribution in [0.15, 0.2) is 48.5 Å². The van der Waals surface area contributed by atoms with Gasteiger partial charge in [0.05, 0.1) is 7.11 Å². The number of halogens is 2. The Labute approximate surface area is 148 Å². The number of rotatable bonds is 8.